The number of furan rings is 1. The first-order valence-electron chi connectivity index (χ1n) is 19.4. The lowest BCUT2D eigenvalue weighted by Gasteiger charge is -2.27. The van der Waals surface area contributed by atoms with Gasteiger partial charge in [-0.1, -0.05) is 152 Å². The zero-order chi connectivity index (χ0) is 37.7. The lowest BCUT2D eigenvalue weighted by Crippen LogP contribution is -2.11. The highest BCUT2D eigenvalue weighted by atomic mass is 16.3. The number of para-hydroxylation sites is 3. The van der Waals surface area contributed by atoms with Crippen LogP contribution in [-0.2, 0) is 0 Å². The van der Waals surface area contributed by atoms with Crippen molar-refractivity contribution in [2.75, 3.05) is 4.90 Å². The number of hydrogen-bond acceptors (Lipinski definition) is 2. The molecule has 57 heavy (non-hydrogen) atoms. The topological polar surface area (TPSA) is 21.3 Å². The molecule has 0 fully saturated rings. The largest absolute Gasteiger partial charge is 0.456 e. The van der Waals surface area contributed by atoms with Crippen molar-refractivity contribution in [2.45, 2.75) is 0 Å². The van der Waals surface area contributed by atoms with Crippen molar-refractivity contribution in [2.24, 2.45) is 0 Å². The van der Waals surface area contributed by atoms with Crippen LogP contribution in [-0.4, -0.2) is 4.57 Å². The Labute approximate surface area is 330 Å². The van der Waals surface area contributed by atoms with E-state index in [4.69, 9.17) is 4.42 Å². The second kappa shape index (κ2) is 13.6. The predicted molar refractivity (Wildman–Crippen MR) is 239 cm³/mol. The quantitative estimate of drug-likeness (QED) is 0.163. The zero-order valence-electron chi connectivity index (χ0n) is 31.1. The zero-order valence-corrected chi connectivity index (χ0v) is 31.1. The summed E-state index contributed by atoms with van der Waals surface area (Å²) in [4.78, 5) is 2.39. The van der Waals surface area contributed by atoms with Gasteiger partial charge in [0.15, 0.2) is 0 Å². The molecule has 11 rings (SSSR count). The van der Waals surface area contributed by atoms with Crippen molar-refractivity contribution in [3.8, 4) is 39.1 Å². The average Bonchev–Trinajstić information content (AvgIpc) is 3.83. The van der Waals surface area contributed by atoms with Crippen molar-refractivity contribution in [3.63, 3.8) is 0 Å². The van der Waals surface area contributed by atoms with Crippen LogP contribution in [0.1, 0.15) is 0 Å². The van der Waals surface area contributed by atoms with Crippen molar-refractivity contribution >= 4 is 60.8 Å². The van der Waals surface area contributed by atoms with Crippen LogP contribution in [0.4, 0.5) is 17.1 Å². The Kier molecular flexibility index (Phi) is 7.82. The Bertz CT molecular complexity index is 3190. The molecule has 0 aliphatic rings. The van der Waals surface area contributed by atoms with E-state index < -0.39 is 0 Å². The van der Waals surface area contributed by atoms with Crippen LogP contribution in [0.5, 0.6) is 0 Å². The first kappa shape index (κ1) is 32.8. The summed E-state index contributed by atoms with van der Waals surface area (Å²) in [5.41, 5.74) is 15.5. The first-order chi connectivity index (χ1) is 28.3. The van der Waals surface area contributed by atoms with Crippen LogP contribution in [0.15, 0.2) is 223 Å². The fourth-order valence-corrected chi connectivity index (χ4v) is 8.56. The van der Waals surface area contributed by atoms with Crippen molar-refractivity contribution in [1.82, 2.24) is 4.57 Å². The van der Waals surface area contributed by atoms with Gasteiger partial charge in [-0.2, -0.15) is 0 Å². The molecule has 2 aromatic heterocycles. The van der Waals surface area contributed by atoms with Crippen molar-refractivity contribution in [1.29, 1.82) is 0 Å². The normalized spacial score (nSPS) is 11.5. The Morgan fingerprint density at radius 2 is 0.825 bits per heavy atom. The predicted octanol–water partition coefficient (Wildman–Crippen LogP) is 15.2. The third-order valence-corrected chi connectivity index (χ3v) is 11.2. The summed E-state index contributed by atoms with van der Waals surface area (Å²) in [5.74, 6) is 0. The van der Waals surface area contributed by atoms with E-state index in [1.807, 2.05) is 12.1 Å². The van der Waals surface area contributed by atoms with E-state index in [0.717, 1.165) is 61.4 Å². The summed E-state index contributed by atoms with van der Waals surface area (Å²) in [6.45, 7) is 0. The monoisotopic (exact) mass is 728 g/mol. The molecule has 3 nitrogen and oxygen atoms in total. The molecule has 0 unspecified atom stereocenters. The van der Waals surface area contributed by atoms with Gasteiger partial charge in [-0.15, -0.1) is 0 Å². The highest BCUT2D eigenvalue weighted by Gasteiger charge is 2.19. The summed E-state index contributed by atoms with van der Waals surface area (Å²) < 4.78 is 8.70. The molecule has 0 amide bonds. The second-order valence-corrected chi connectivity index (χ2v) is 14.5. The van der Waals surface area contributed by atoms with E-state index in [0.29, 0.717) is 0 Å². The maximum absolute atomic E-state index is 6.32. The fraction of sp³-hybridized carbons (Fsp3) is 0. The molecule has 0 saturated heterocycles. The van der Waals surface area contributed by atoms with Crippen LogP contribution in [0, 0.1) is 0 Å². The van der Waals surface area contributed by atoms with Gasteiger partial charge < -0.3 is 13.9 Å². The summed E-state index contributed by atoms with van der Waals surface area (Å²) in [7, 11) is 0. The van der Waals surface area contributed by atoms with Gasteiger partial charge in [0.25, 0.3) is 0 Å². The number of nitrogens with zero attached hydrogens (tertiary/aromatic N) is 2. The van der Waals surface area contributed by atoms with E-state index in [-0.39, 0.29) is 0 Å². The van der Waals surface area contributed by atoms with Crippen molar-refractivity contribution < 1.29 is 4.42 Å². The average molecular weight is 729 g/mol. The third kappa shape index (κ3) is 5.68. The van der Waals surface area contributed by atoms with E-state index >= 15 is 0 Å². The number of rotatable bonds is 7. The lowest BCUT2D eigenvalue weighted by atomic mass is 9.98. The van der Waals surface area contributed by atoms with Gasteiger partial charge >= 0.3 is 0 Å². The fourth-order valence-electron chi connectivity index (χ4n) is 8.56. The van der Waals surface area contributed by atoms with Crippen molar-refractivity contribution in [3.05, 3.63) is 218 Å². The molecule has 0 radical (unpaired) electrons. The number of hydrogen-bond donors (Lipinski definition) is 0. The highest BCUT2D eigenvalue weighted by Crippen LogP contribution is 2.42. The molecule has 0 aliphatic carbocycles. The molecule has 3 heteroatoms. The summed E-state index contributed by atoms with van der Waals surface area (Å²) in [6.07, 6.45) is 0. The number of fused-ring (bicyclic) bond motifs is 6. The molecule has 0 bridgehead atoms. The van der Waals surface area contributed by atoms with Crippen LogP contribution >= 0.6 is 0 Å². The summed E-state index contributed by atoms with van der Waals surface area (Å²) in [5, 5.41) is 4.74. The standard InChI is InChI=1S/C54H36N2O/c1-2-14-37(15-3-1)38-30-32-39(33-31-38)40-16-10-18-42(34-40)55(43-19-11-17-41(35-43)46-25-13-29-53-54(46)49-24-6-9-28-52(49)57-53)44-20-12-21-45(36-44)56-50-26-7-4-22-47(50)48-23-5-8-27-51(48)56/h1-36H. The Morgan fingerprint density at radius 1 is 0.333 bits per heavy atom. The maximum Gasteiger partial charge on any atom is 0.136 e. The molecular formula is C54H36N2O. The van der Waals surface area contributed by atoms with Crippen LogP contribution in [0.25, 0.3) is 82.8 Å². The molecule has 9 aromatic carbocycles. The molecule has 11 aromatic rings. The van der Waals surface area contributed by atoms with E-state index in [1.54, 1.807) is 0 Å². The van der Waals surface area contributed by atoms with Gasteiger partial charge in [-0.25, -0.2) is 0 Å². The molecule has 0 N–H and O–H groups in total. The minimum absolute atomic E-state index is 0.890. The molecule has 2 heterocycles. The lowest BCUT2D eigenvalue weighted by molar-refractivity contribution is 0.669. The van der Waals surface area contributed by atoms with E-state index in [1.165, 1.54) is 38.5 Å². The summed E-state index contributed by atoms with van der Waals surface area (Å²) >= 11 is 0. The Morgan fingerprint density at radius 3 is 1.54 bits per heavy atom. The van der Waals surface area contributed by atoms with Crippen LogP contribution in [0.2, 0.25) is 0 Å². The molecule has 0 atom stereocenters. The smallest absolute Gasteiger partial charge is 0.136 e. The van der Waals surface area contributed by atoms with Gasteiger partial charge in [-0.05, 0) is 100 Å². The van der Waals surface area contributed by atoms with Crippen LogP contribution < -0.4 is 4.90 Å². The number of anilines is 3. The van der Waals surface area contributed by atoms with Gasteiger partial charge in [0.2, 0.25) is 0 Å². The van der Waals surface area contributed by atoms with Gasteiger partial charge in [0.05, 0.1) is 11.0 Å². The highest BCUT2D eigenvalue weighted by molar-refractivity contribution is 6.13. The molecule has 268 valence electrons. The minimum atomic E-state index is 0.890. The number of aromatic nitrogens is 1. The van der Waals surface area contributed by atoms with E-state index in [9.17, 15) is 0 Å². The Balaban J connectivity index is 1.08. The molecule has 0 saturated carbocycles. The first-order valence-corrected chi connectivity index (χ1v) is 19.4. The van der Waals surface area contributed by atoms with Crippen LogP contribution in [0.3, 0.4) is 0 Å². The van der Waals surface area contributed by atoms with Gasteiger partial charge in [-0.3, -0.25) is 0 Å². The number of benzene rings is 9. The second-order valence-electron chi connectivity index (χ2n) is 14.5. The maximum atomic E-state index is 6.32. The Hall–Kier alpha value is -7.62. The minimum Gasteiger partial charge on any atom is -0.456 e. The molecular weight excluding hydrogens is 693 g/mol. The van der Waals surface area contributed by atoms with Gasteiger partial charge in [0.1, 0.15) is 11.2 Å². The van der Waals surface area contributed by atoms with E-state index in [2.05, 4.69) is 216 Å². The van der Waals surface area contributed by atoms with Gasteiger partial charge in [0, 0.05) is 44.3 Å². The molecule has 0 aliphatic heterocycles. The summed E-state index contributed by atoms with van der Waals surface area (Å²) in [6, 6.07) is 78.2. The third-order valence-electron chi connectivity index (χ3n) is 11.2. The SMILES string of the molecule is c1ccc(-c2ccc(-c3cccc(N(c4cccc(-c5cccc6oc7ccccc7c56)c4)c4cccc(-n5c6ccccc6c6ccccc65)c4)c3)cc2)cc1. The molecule has 0 spiro atoms.